The van der Waals surface area contributed by atoms with E-state index in [4.69, 9.17) is 22.3 Å². The fourth-order valence-corrected chi connectivity index (χ4v) is 7.03. The van der Waals surface area contributed by atoms with Crippen LogP contribution in [0.25, 0.3) is 10.2 Å². The number of carbonyl (C=O) groups excluding carboxylic acids is 1. The lowest BCUT2D eigenvalue weighted by molar-refractivity contribution is 0.0867. The van der Waals surface area contributed by atoms with Crippen LogP contribution < -0.4 is 11.1 Å². The van der Waals surface area contributed by atoms with Crippen LogP contribution in [0.15, 0.2) is 41.6 Å². The van der Waals surface area contributed by atoms with Crippen molar-refractivity contribution in [2.24, 2.45) is 5.73 Å². The first-order valence-corrected chi connectivity index (χ1v) is 13.3. The van der Waals surface area contributed by atoms with Gasteiger partial charge in [0.2, 0.25) is 0 Å². The second kappa shape index (κ2) is 8.06. The van der Waals surface area contributed by atoms with E-state index < -0.39 is 15.5 Å². The van der Waals surface area contributed by atoms with Crippen molar-refractivity contribution in [1.29, 1.82) is 0 Å². The Morgan fingerprint density at radius 3 is 2.62 bits per heavy atom. The maximum Gasteiger partial charge on any atom is 0.252 e. The van der Waals surface area contributed by atoms with Crippen LogP contribution in [0, 0.1) is 0 Å². The number of sulfone groups is 1. The molecule has 3 aromatic rings. The molecule has 0 unspecified atom stereocenters. The molecule has 168 valence electrons. The predicted octanol–water partition coefficient (Wildman–Crippen LogP) is 4.02. The van der Waals surface area contributed by atoms with Gasteiger partial charge in [0.05, 0.1) is 26.1 Å². The van der Waals surface area contributed by atoms with Crippen molar-refractivity contribution < 1.29 is 13.2 Å². The third kappa shape index (κ3) is 4.26. The fourth-order valence-electron chi connectivity index (χ4n) is 4.15. The number of nitrogens with zero attached hydrogens (tertiary/aromatic N) is 2. The molecule has 0 radical (unpaired) electrons. The normalized spacial score (nSPS) is 23.9. The summed E-state index contributed by atoms with van der Waals surface area (Å²) in [5.74, 6) is -0.0915. The first kappa shape index (κ1) is 21.8. The monoisotopic (exact) mass is 490 g/mol. The number of benzene rings is 1. The number of hydrogen-bond donors (Lipinski definition) is 2. The number of thiazole rings is 1. The molecule has 2 aliphatic carbocycles. The number of nitrogens with two attached hydrogens (primary N) is 1. The molecule has 5 rings (SSSR count). The van der Waals surface area contributed by atoms with Gasteiger partial charge in [-0.3, -0.25) is 4.79 Å². The Morgan fingerprint density at radius 2 is 1.91 bits per heavy atom. The number of nitrogens with one attached hydrogen (secondary N) is 1. The molecule has 7 nitrogen and oxygen atoms in total. The number of carbonyl (C=O) groups is 1. The summed E-state index contributed by atoms with van der Waals surface area (Å²) in [5.41, 5.74) is 6.84. The van der Waals surface area contributed by atoms with Crippen molar-refractivity contribution in [3.05, 3.63) is 52.1 Å². The van der Waals surface area contributed by atoms with E-state index in [1.165, 1.54) is 18.3 Å². The highest BCUT2D eigenvalue weighted by atomic mass is 35.5. The molecule has 0 aliphatic heterocycles. The highest BCUT2D eigenvalue weighted by molar-refractivity contribution is 7.92. The zero-order valence-corrected chi connectivity index (χ0v) is 19.6. The third-order valence-electron chi connectivity index (χ3n) is 6.21. The lowest BCUT2D eigenvalue weighted by Gasteiger charge is -2.37. The summed E-state index contributed by atoms with van der Waals surface area (Å²) in [6.45, 7) is 0. The van der Waals surface area contributed by atoms with Gasteiger partial charge in [0.15, 0.2) is 14.9 Å². The number of aromatic nitrogens is 2. The van der Waals surface area contributed by atoms with E-state index in [2.05, 4.69) is 10.3 Å². The van der Waals surface area contributed by atoms with Crippen molar-refractivity contribution in [2.75, 3.05) is 0 Å². The predicted molar refractivity (Wildman–Crippen MR) is 125 cm³/mol. The molecule has 32 heavy (non-hydrogen) atoms. The van der Waals surface area contributed by atoms with Gasteiger partial charge in [-0.25, -0.2) is 18.4 Å². The van der Waals surface area contributed by atoms with Crippen molar-refractivity contribution >= 4 is 48.9 Å². The van der Waals surface area contributed by atoms with Crippen LogP contribution in [-0.2, 0) is 9.84 Å². The van der Waals surface area contributed by atoms with Crippen LogP contribution in [-0.4, -0.2) is 35.2 Å². The number of fused-ring (bicyclic) bond motifs is 1. The number of hydrogen-bond acceptors (Lipinski definition) is 7. The SMILES string of the molecule is NC1(NC(=O)c2ccnc(S(=O)(=O)C3CC3)c2)CCC(c2nc3cc(Cl)ccc3s2)CC1. The minimum atomic E-state index is -3.46. The van der Waals surface area contributed by atoms with Gasteiger partial charge in [-0.05, 0) is 68.9 Å². The molecule has 2 heterocycles. The molecule has 0 saturated heterocycles. The lowest BCUT2D eigenvalue weighted by Crippen LogP contribution is -2.57. The van der Waals surface area contributed by atoms with Gasteiger partial charge in [0, 0.05) is 22.7 Å². The molecule has 1 aromatic carbocycles. The van der Waals surface area contributed by atoms with E-state index in [1.807, 2.05) is 18.2 Å². The number of halogens is 1. The Labute approximate surface area is 195 Å². The summed E-state index contributed by atoms with van der Waals surface area (Å²) in [6, 6.07) is 8.60. The zero-order valence-electron chi connectivity index (χ0n) is 17.3. The quantitative estimate of drug-likeness (QED) is 0.522. The Bertz CT molecular complexity index is 1300. The zero-order chi connectivity index (χ0) is 22.5. The lowest BCUT2D eigenvalue weighted by atomic mass is 9.82. The average Bonchev–Trinajstić information content (AvgIpc) is 3.55. The van der Waals surface area contributed by atoms with E-state index in [0.29, 0.717) is 30.7 Å². The summed E-state index contributed by atoms with van der Waals surface area (Å²) in [7, 11) is -3.46. The molecule has 0 atom stereocenters. The standard InChI is InChI=1S/C22H23ClN4O3S2/c23-15-1-4-18-17(12-15)26-21(31-18)13-5-8-22(24,9-6-13)27-20(28)14-7-10-25-19(11-14)32(29,30)16-2-3-16/h1,4,7,10-13,16H,2-3,5-6,8-9,24H2,(H,27,28). The molecule has 1 amide bonds. The molecular weight excluding hydrogens is 468 g/mol. The Hall–Kier alpha value is -2.07. The van der Waals surface area contributed by atoms with Crippen LogP contribution >= 0.6 is 22.9 Å². The molecule has 3 N–H and O–H groups in total. The summed E-state index contributed by atoms with van der Waals surface area (Å²) >= 11 is 7.75. The molecule has 0 spiro atoms. The van der Waals surface area contributed by atoms with Crippen molar-refractivity contribution in [2.45, 2.75) is 60.4 Å². The van der Waals surface area contributed by atoms with E-state index in [0.717, 1.165) is 28.1 Å². The smallest absolute Gasteiger partial charge is 0.252 e. The van der Waals surface area contributed by atoms with Crippen molar-refractivity contribution in [3.63, 3.8) is 0 Å². The van der Waals surface area contributed by atoms with Gasteiger partial charge in [0.25, 0.3) is 5.91 Å². The van der Waals surface area contributed by atoms with Crippen molar-refractivity contribution in [1.82, 2.24) is 15.3 Å². The molecule has 2 saturated carbocycles. The Balaban J connectivity index is 1.26. The van der Waals surface area contributed by atoms with Crippen LogP contribution in [0.4, 0.5) is 0 Å². The highest BCUT2D eigenvalue weighted by Crippen LogP contribution is 2.39. The molecule has 10 heteroatoms. The maximum atomic E-state index is 12.8. The Morgan fingerprint density at radius 1 is 1.16 bits per heavy atom. The van der Waals surface area contributed by atoms with Gasteiger partial charge in [-0.2, -0.15) is 0 Å². The van der Waals surface area contributed by atoms with Crippen molar-refractivity contribution in [3.8, 4) is 0 Å². The summed E-state index contributed by atoms with van der Waals surface area (Å²) < 4.78 is 26.0. The molecule has 0 bridgehead atoms. The van der Waals surface area contributed by atoms with E-state index >= 15 is 0 Å². The number of rotatable bonds is 5. The largest absolute Gasteiger partial charge is 0.334 e. The topological polar surface area (TPSA) is 115 Å². The minimum absolute atomic E-state index is 0.0432. The van der Waals surface area contributed by atoms with E-state index in [9.17, 15) is 13.2 Å². The number of pyridine rings is 1. The van der Waals surface area contributed by atoms with Crippen LogP contribution in [0.2, 0.25) is 5.02 Å². The van der Waals surface area contributed by atoms with E-state index in [1.54, 1.807) is 11.3 Å². The number of amides is 1. The highest BCUT2D eigenvalue weighted by Gasteiger charge is 2.39. The van der Waals surface area contributed by atoms with Crippen LogP contribution in [0.3, 0.4) is 0 Å². The van der Waals surface area contributed by atoms with Crippen LogP contribution in [0.1, 0.15) is 59.8 Å². The summed E-state index contributed by atoms with van der Waals surface area (Å²) in [4.78, 5) is 21.6. The van der Waals surface area contributed by atoms with E-state index in [-0.39, 0.29) is 27.7 Å². The second-order valence-electron chi connectivity index (χ2n) is 8.68. The minimum Gasteiger partial charge on any atom is -0.334 e. The van der Waals surface area contributed by atoms with Crippen LogP contribution in [0.5, 0.6) is 0 Å². The summed E-state index contributed by atoms with van der Waals surface area (Å²) in [5, 5.41) is 4.25. The molecule has 2 aromatic heterocycles. The molecular formula is C22H23ClN4O3S2. The van der Waals surface area contributed by atoms with Gasteiger partial charge >= 0.3 is 0 Å². The first-order chi connectivity index (χ1) is 15.2. The third-order valence-corrected chi connectivity index (χ3v) is 9.80. The Kier molecular flexibility index (Phi) is 5.48. The van der Waals surface area contributed by atoms with Gasteiger partial charge in [0.1, 0.15) is 0 Å². The van der Waals surface area contributed by atoms with Gasteiger partial charge in [-0.1, -0.05) is 11.6 Å². The summed E-state index contributed by atoms with van der Waals surface area (Å²) in [6.07, 6.45) is 5.49. The second-order valence-corrected chi connectivity index (χ2v) is 12.3. The van der Waals surface area contributed by atoms with Gasteiger partial charge < -0.3 is 11.1 Å². The maximum absolute atomic E-state index is 12.8. The average molecular weight is 491 g/mol. The molecule has 2 fully saturated rings. The van der Waals surface area contributed by atoms with Gasteiger partial charge in [-0.15, -0.1) is 11.3 Å². The molecule has 2 aliphatic rings. The first-order valence-electron chi connectivity index (χ1n) is 10.6. The fraction of sp³-hybridized carbons (Fsp3) is 0.409.